The van der Waals surface area contributed by atoms with Crippen LogP contribution in [0.4, 0.5) is 5.69 Å². The Labute approximate surface area is 125 Å². The number of rotatable bonds is 6. The molecule has 0 amide bonds. The molecule has 1 aromatic carbocycles. The number of carbonyl (C=O) groups excluding carboxylic acids is 1. The molecule has 0 unspecified atom stereocenters. The molecule has 1 rings (SSSR count). The summed E-state index contributed by atoms with van der Waals surface area (Å²) in [6.07, 6.45) is 0.591. The van der Waals surface area contributed by atoms with Crippen molar-refractivity contribution in [2.75, 3.05) is 26.4 Å². The van der Waals surface area contributed by atoms with Crippen LogP contribution in [0.5, 0.6) is 0 Å². The molecule has 0 aliphatic rings. The van der Waals surface area contributed by atoms with Crippen molar-refractivity contribution >= 4 is 21.7 Å². The molecule has 21 heavy (non-hydrogen) atoms. The zero-order valence-electron chi connectivity index (χ0n) is 12.8. The number of sulfonamides is 1. The SMILES string of the molecule is COC(=O)CCCN(C)S(=O)(=O)c1cc(N)cc(C)c1C. The third kappa shape index (κ3) is 4.18. The third-order valence-electron chi connectivity index (χ3n) is 3.41. The number of nitrogens with zero attached hydrogens (tertiary/aromatic N) is 1. The first kappa shape index (κ1) is 17.5. The van der Waals surface area contributed by atoms with Crippen LogP contribution < -0.4 is 5.73 Å². The maximum atomic E-state index is 12.6. The Morgan fingerprint density at radius 1 is 1.33 bits per heavy atom. The molecule has 7 heteroatoms. The summed E-state index contributed by atoms with van der Waals surface area (Å²) in [5, 5.41) is 0. The van der Waals surface area contributed by atoms with Gasteiger partial charge >= 0.3 is 5.97 Å². The number of esters is 1. The molecule has 0 saturated carbocycles. The minimum absolute atomic E-state index is 0.186. The topological polar surface area (TPSA) is 89.7 Å². The van der Waals surface area contributed by atoms with Gasteiger partial charge < -0.3 is 10.5 Å². The van der Waals surface area contributed by atoms with Gasteiger partial charge in [-0.25, -0.2) is 12.7 Å². The van der Waals surface area contributed by atoms with Crippen molar-refractivity contribution in [3.05, 3.63) is 23.3 Å². The highest BCUT2D eigenvalue weighted by Crippen LogP contribution is 2.24. The summed E-state index contributed by atoms with van der Waals surface area (Å²) >= 11 is 0. The maximum absolute atomic E-state index is 12.6. The van der Waals surface area contributed by atoms with E-state index in [0.717, 1.165) is 5.56 Å². The summed E-state index contributed by atoms with van der Waals surface area (Å²) in [7, 11) is -0.820. The quantitative estimate of drug-likeness (QED) is 0.634. The van der Waals surface area contributed by atoms with Crippen molar-refractivity contribution in [2.45, 2.75) is 31.6 Å². The highest BCUT2D eigenvalue weighted by atomic mass is 32.2. The molecule has 6 nitrogen and oxygen atoms in total. The van der Waals surface area contributed by atoms with Crippen molar-refractivity contribution in [1.29, 1.82) is 0 Å². The fourth-order valence-electron chi connectivity index (χ4n) is 1.96. The Hall–Kier alpha value is -1.60. The number of anilines is 1. The summed E-state index contributed by atoms with van der Waals surface area (Å²) in [6, 6.07) is 3.21. The van der Waals surface area contributed by atoms with Crippen LogP contribution in [0, 0.1) is 13.8 Å². The smallest absolute Gasteiger partial charge is 0.305 e. The number of ether oxygens (including phenoxy) is 1. The maximum Gasteiger partial charge on any atom is 0.305 e. The number of benzene rings is 1. The number of methoxy groups -OCH3 is 1. The van der Waals surface area contributed by atoms with Gasteiger partial charge in [0.1, 0.15) is 0 Å². The van der Waals surface area contributed by atoms with E-state index in [0.29, 0.717) is 17.7 Å². The van der Waals surface area contributed by atoms with Crippen molar-refractivity contribution in [2.24, 2.45) is 0 Å². The molecule has 0 aromatic heterocycles. The van der Waals surface area contributed by atoms with Crippen LogP contribution >= 0.6 is 0 Å². The number of hydrogen-bond acceptors (Lipinski definition) is 5. The van der Waals surface area contributed by atoms with Gasteiger partial charge in [0.25, 0.3) is 0 Å². The number of aryl methyl sites for hydroxylation is 1. The van der Waals surface area contributed by atoms with E-state index in [2.05, 4.69) is 4.74 Å². The lowest BCUT2D eigenvalue weighted by molar-refractivity contribution is -0.140. The van der Waals surface area contributed by atoms with Crippen LogP contribution in [0.15, 0.2) is 17.0 Å². The Bertz CT molecular complexity index is 626. The van der Waals surface area contributed by atoms with Gasteiger partial charge in [-0.15, -0.1) is 0 Å². The largest absolute Gasteiger partial charge is 0.469 e. The molecule has 0 bridgehead atoms. The van der Waals surface area contributed by atoms with Gasteiger partial charge in [-0.2, -0.15) is 0 Å². The van der Waals surface area contributed by atoms with Gasteiger partial charge in [0.2, 0.25) is 10.0 Å². The molecule has 0 aliphatic heterocycles. The molecule has 0 saturated heterocycles. The van der Waals surface area contributed by atoms with Crippen molar-refractivity contribution < 1.29 is 17.9 Å². The van der Waals surface area contributed by atoms with E-state index in [4.69, 9.17) is 5.73 Å². The predicted molar refractivity (Wildman–Crippen MR) is 81.4 cm³/mol. The van der Waals surface area contributed by atoms with Crippen LogP contribution in [0.25, 0.3) is 0 Å². The average Bonchev–Trinajstić information content (AvgIpc) is 2.42. The molecule has 2 N–H and O–H groups in total. The summed E-state index contributed by atoms with van der Waals surface area (Å²) in [6.45, 7) is 3.82. The van der Waals surface area contributed by atoms with Crippen LogP contribution in [0.3, 0.4) is 0 Å². The van der Waals surface area contributed by atoms with Crippen molar-refractivity contribution in [3.63, 3.8) is 0 Å². The zero-order valence-corrected chi connectivity index (χ0v) is 13.7. The van der Waals surface area contributed by atoms with E-state index in [9.17, 15) is 13.2 Å². The Morgan fingerprint density at radius 3 is 2.52 bits per heavy atom. The molecule has 0 heterocycles. The molecular formula is C14H22N2O4S. The molecular weight excluding hydrogens is 292 g/mol. The van der Waals surface area contributed by atoms with Crippen LogP contribution in [0.2, 0.25) is 0 Å². The Kier molecular flexibility index (Phi) is 5.74. The lowest BCUT2D eigenvalue weighted by atomic mass is 10.1. The normalized spacial score (nSPS) is 11.7. The third-order valence-corrected chi connectivity index (χ3v) is 5.39. The molecule has 1 aromatic rings. The number of nitrogens with two attached hydrogens (primary N) is 1. The van der Waals surface area contributed by atoms with E-state index in [1.54, 1.807) is 13.0 Å². The molecule has 0 spiro atoms. The second kappa shape index (κ2) is 6.91. The highest BCUT2D eigenvalue weighted by molar-refractivity contribution is 7.89. The lowest BCUT2D eigenvalue weighted by Crippen LogP contribution is -2.29. The van der Waals surface area contributed by atoms with Crippen LogP contribution in [-0.2, 0) is 19.6 Å². The van der Waals surface area contributed by atoms with E-state index < -0.39 is 10.0 Å². The number of hydrogen-bond donors (Lipinski definition) is 1. The zero-order chi connectivity index (χ0) is 16.2. The molecule has 118 valence electrons. The van der Waals surface area contributed by atoms with Crippen molar-refractivity contribution in [3.8, 4) is 0 Å². The predicted octanol–water partition coefficient (Wildman–Crippen LogP) is 1.46. The first-order chi connectivity index (χ1) is 9.70. The Balaban J connectivity index is 2.93. The summed E-state index contributed by atoms with van der Waals surface area (Å²) in [5.41, 5.74) is 7.67. The van der Waals surface area contributed by atoms with Gasteiger partial charge in [0, 0.05) is 25.7 Å². The van der Waals surface area contributed by atoms with E-state index >= 15 is 0 Å². The highest BCUT2D eigenvalue weighted by Gasteiger charge is 2.23. The van der Waals surface area contributed by atoms with Gasteiger partial charge in [-0.3, -0.25) is 4.79 Å². The fraction of sp³-hybridized carbons (Fsp3) is 0.500. The van der Waals surface area contributed by atoms with E-state index in [1.165, 1.54) is 24.5 Å². The van der Waals surface area contributed by atoms with Crippen molar-refractivity contribution in [1.82, 2.24) is 4.31 Å². The minimum Gasteiger partial charge on any atom is -0.469 e. The van der Waals surface area contributed by atoms with Gasteiger partial charge in [0.05, 0.1) is 12.0 Å². The fourth-order valence-corrected chi connectivity index (χ4v) is 3.50. The monoisotopic (exact) mass is 314 g/mol. The molecule has 0 aliphatic carbocycles. The summed E-state index contributed by atoms with van der Waals surface area (Å²) < 4.78 is 30.9. The second-order valence-corrected chi connectivity index (χ2v) is 6.98. The lowest BCUT2D eigenvalue weighted by Gasteiger charge is -2.19. The van der Waals surface area contributed by atoms with Gasteiger partial charge in [-0.1, -0.05) is 0 Å². The van der Waals surface area contributed by atoms with E-state index in [-0.39, 0.29) is 23.8 Å². The molecule has 0 atom stereocenters. The van der Waals surface area contributed by atoms with Crippen LogP contribution in [-0.4, -0.2) is 39.4 Å². The second-order valence-electron chi connectivity index (χ2n) is 4.97. The van der Waals surface area contributed by atoms with Crippen LogP contribution in [0.1, 0.15) is 24.0 Å². The number of nitrogen functional groups attached to an aromatic ring is 1. The van der Waals surface area contributed by atoms with E-state index in [1.807, 2.05) is 6.92 Å². The molecule has 0 fully saturated rings. The van der Waals surface area contributed by atoms with Gasteiger partial charge in [-0.05, 0) is 43.5 Å². The standard InChI is InChI=1S/C14H22N2O4S/c1-10-8-12(15)9-13(11(10)2)21(18,19)16(3)7-5-6-14(17)20-4/h8-9H,5-7,15H2,1-4H3. The number of carbonyl (C=O) groups is 1. The summed E-state index contributed by atoms with van der Waals surface area (Å²) in [4.78, 5) is 11.3. The first-order valence-electron chi connectivity index (χ1n) is 6.60. The average molecular weight is 314 g/mol. The van der Waals surface area contributed by atoms with Gasteiger partial charge in [0.15, 0.2) is 0 Å². The Morgan fingerprint density at radius 2 is 1.95 bits per heavy atom. The molecule has 0 radical (unpaired) electrons. The first-order valence-corrected chi connectivity index (χ1v) is 8.04. The minimum atomic E-state index is -3.62. The summed E-state index contributed by atoms with van der Waals surface area (Å²) in [5.74, 6) is -0.350.